The lowest BCUT2D eigenvalue weighted by Gasteiger charge is -2.13. The van der Waals surface area contributed by atoms with Crippen LogP contribution in [0, 0.1) is 25.2 Å². The third kappa shape index (κ3) is 8.65. The van der Waals surface area contributed by atoms with Gasteiger partial charge in [-0.15, -0.1) is 25.5 Å². The van der Waals surface area contributed by atoms with Crippen molar-refractivity contribution < 1.29 is 14.6 Å². The Balaban J connectivity index is 0. The zero-order chi connectivity index (χ0) is 20.5. The Morgan fingerprint density at radius 3 is 2.38 bits per heavy atom. The molecule has 0 saturated heterocycles. The molecular formula is C20H33N3O3. The van der Waals surface area contributed by atoms with Gasteiger partial charge in [-0.3, -0.25) is 0 Å². The Labute approximate surface area is 157 Å². The number of ether oxygens (including phenoxy) is 2. The summed E-state index contributed by atoms with van der Waals surface area (Å²) in [5.41, 5.74) is 1.92. The molecule has 0 radical (unpaired) electrons. The Morgan fingerprint density at radius 1 is 1.31 bits per heavy atom. The van der Waals surface area contributed by atoms with Crippen LogP contribution in [-0.2, 0) is 4.74 Å². The fourth-order valence-electron chi connectivity index (χ4n) is 1.95. The number of rotatable bonds is 5. The number of nitrogens with one attached hydrogen (secondary N) is 1. The minimum Gasteiger partial charge on any atom is -0.480 e. The van der Waals surface area contributed by atoms with Crippen molar-refractivity contribution in [2.45, 2.75) is 40.2 Å². The molecule has 2 aromatic heterocycles. The highest BCUT2D eigenvalue weighted by Gasteiger charge is 2.08. The maximum absolute atomic E-state index is 8.68. The number of aromatic amines is 1. The molecule has 26 heavy (non-hydrogen) atoms. The van der Waals surface area contributed by atoms with Crippen LogP contribution >= 0.6 is 0 Å². The minimum atomic E-state index is -0.106. The normalized spacial score (nSPS) is 11.3. The molecule has 0 aliphatic carbocycles. The van der Waals surface area contributed by atoms with Gasteiger partial charge in [-0.25, -0.2) is 9.97 Å². The first-order valence-corrected chi connectivity index (χ1v) is 8.49. The topological polar surface area (TPSA) is 80.3 Å². The predicted octanol–water partition coefficient (Wildman–Crippen LogP) is 3.76. The average molecular weight is 364 g/mol. The highest BCUT2D eigenvalue weighted by Crippen LogP contribution is 2.23. The van der Waals surface area contributed by atoms with Gasteiger partial charge in [-0.2, -0.15) is 0 Å². The van der Waals surface area contributed by atoms with Gasteiger partial charge in [-0.05, 0) is 18.9 Å². The summed E-state index contributed by atoms with van der Waals surface area (Å²) < 4.78 is 10.0. The van der Waals surface area contributed by atoms with E-state index >= 15 is 0 Å². The molecule has 2 N–H and O–H groups in total. The quantitative estimate of drug-likeness (QED) is 0.624. The van der Waals surface area contributed by atoms with E-state index in [-0.39, 0.29) is 18.6 Å². The molecule has 0 spiro atoms. The number of terminal acetylenes is 1. The Kier molecular flexibility index (Phi) is 16.0. The number of hydrogen-bond donors (Lipinski definition) is 2. The van der Waals surface area contributed by atoms with Crippen molar-refractivity contribution in [2.75, 3.05) is 20.8 Å². The highest BCUT2D eigenvalue weighted by atomic mass is 16.5. The molecule has 2 heterocycles. The molecule has 0 amide bonds. The highest BCUT2D eigenvalue weighted by molar-refractivity contribution is 5.84. The SMILES string of the molecule is C#C[C@H](C)C[C@@H](CO)OC.C=C.CC.COc1ncnc2[nH]cc(C)c12. The molecule has 146 valence electrons. The van der Waals surface area contributed by atoms with Gasteiger partial charge in [0, 0.05) is 19.2 Å². The molecule has 2 aromatic rings. The molecule has 6 heteroatoms. The van der Waals surface area contributed by atoms with Crippen LogP contribution in [0.1, 0.15) is 32.8 Å². The Morgan fingerprint density at radius 2 is 1.92 bits per heavy atom. The zero-order valence-corrected chi connectivity index (χ0v) is 16.9. The van der Waals surface area contributed by atoms with Gasteiger partial charge in [-0.1, -0.05) is 20.8 Å². The monoisotopic (exact) mass is 363 g/mol. The van der Waals surface area contributed by atoms with Crippen LogP contribution in [0.3, 0.4) is 0 Å². The van der Waals surface area contributed by atoms with Crippen LogP contribution in [0.15, 0.2) is 25.7 Å². The van der Waals surface area contributed by atoms with E-state index in [1.807, 2.05) is 33.9 Å². The number of aliphatic hydroxyl groups excluding tert-OH is 1. The first-order chi connectivity index (χ1) is 12.6. The van der Waals surface area contributed by atoms with Crippen LogP contribution < -0.4 is 4.74 Å². The molecule has 0 aromatic carbocycles. The van der Waals surface area contributed by atoms with Crippen molar-refractivity contribution in [3.63, 3.8) is 0 Å². The van der Waals surface area contributed by atoms with E-state index in [1.54, 1.807) is 14.2 Å². The summed E-state index contributed by atoms with van der Waals surface area (Å²) in [7, 11) is 3.18. The molecule has 2 atom stereocenters. The van der Waals surface area contributed by atoms with Gasteiger partial charge in [0.1, 0.15) is 12.0 Å². The molecule has 0 aliphatic heterocycles. The fraction of sp³-hybridized carbons (Fsp3) is 0.500. The lowest BCUT2D eigenvalue weighted by atomic mass is 10.1. The fourth-order valence-corrected chi connectivity index (χ4v) is 1.95. The number of fused-ring (bicyclic) bond motifs is 1. The number of nitrogens with zero attached hydrogens (tertiary/aromatic N) is 2. The van der Waals surface area contributed by atoms with Gasteiger partial charge in [0.15, 0.2) is 0 Å². The number of hydrogen-bond acceptors (Lipinski definition) is 5. The van der Waals surface area contributed by atoms with Gasteiger partial charge in [0.2, 0.25) is 5.88 Å². The second-order valence-corrected chi connectivity index (χ2v) is 4.92. The van der Waals surface area contributed by atoms with Crippen LogP contribution in [0.25, 0.3) is 11.0 Å². The molecule has 6 nitrogen and oxygen atoms in total. The van der Waals surface area contributed by atoms with Gasteiger partial charge in [0.05, 0.1) is 25.2 Å². The predicted molar refractivity (Wildman–Crippen MR) is 108 cm³/mol. The summed E-state index contributed by atoms with van der Waals surface area (Å²) in [6.45, 7) is 14.0. The minimum absolute atomic E-state index is 0.0442. The summed E-state index contributed by atoms with van der Waals surface area (Å²) in [4.78, 5) is 11.1. The van der Waals surface area contributed by atoms with Crippen molar-refractivity contribution in [2.24, 2.45) is 5.92 Å². The standard InChI is InChI=1S/C8H9N3O.C8H14O2.C2H6.C2H4/c1-5-3-9-7-6(5)8(12-2)11-4-10-7;1-4-7(2)5-8(6-9)10-3;2*1-2/h3-4H,1-2H3,(H,9,10,11);1,7-9H,5-6H2,2-3H3;1-2H3;1-2H2/t;7-,8-;;/m.0../s1. The van der Waals surface area contributed by atoms with Gasteiger partial charge in [0.25, 0.3) is 0 Å². The second-order valence-electron chi connectivity index (χ2n) is 4.92. The van der Waals surface area contributed by atoms with E-state index in [2.05, 4.69) is 34.0 Å². The van der Waals surface area contributed by atoms with E-state index < -0.39 is 0 Å². The van der Waals surface area contributed by atoms with Gasteiger partial charge < -0.3 is 19.6 Å². The lowest BCUT2D eigenvalue weighted by Crippen LogP contribution is -2.18. The molecule has 0 fully saturated rings. The molecule has 2 rings (SSSR count). The Bertz CT molecular complexity index is 631. The number of methoxy groups -OCH3 is 2. The summed E-state index contributed by atoms with van der Waals surface area (Å²) in [5.74, 6) is 3.37. The molecule has 0 unspecified atom stereocenters. The summed E-state index contributed by atoms with van der Waals surface area (Å²) in [6, 6.07) is 0. The summed E-state index contributed by atoms with van der Waals surface area (Å²) in [6.07, 6.45) is 9.14. The summed E-state index contributed by atoms with van der Waals surface area (Å²) in [5, 5.41) is 9.64. The van der Waals surface area contributed by atoms with E-state index in [1.165, 1.54) is 6.33 Å². The third-order valence-corrected chi connectivity index (χ3v) is 3.26. The Hall–Kier alpha value is -2.36. The number of aromatic nitrogens is 3. The number of H-pyrrole nitrogens is 1. The van der Waals surface area contributed by atoms with E-state index in [0.717, 1.165) is 23.0 Å². The van der Waals surface area contributed by atoms with E-state index in [0.29, 0.717) is 5.88 Å². The lowest BCUT2D eigenvalue weighted by molar-refractivity contribution is 0.0379. The number of aliphatic hydroxyl groups is 1. The number of aryl methyl sites for hydroxylation is 1. The zero-order valence-electron chi connectivity index (χ0n) is 16.9. The molecule has 0 aliphatic rings. The molecule has 0 saturated carbocycles. The molecule has 0 bridgehead atoms. The summed E-state index contributed by atoms with van der Waals surface area (Å²) >= 11 is 0. The second kappa shape index (κ2) is 16.1. The maximum Gasteiger partial charge on any atom is 0.226 e. The first-order valence-electron chi connectivity index (χ1n) is 8.49. The molecular weight excluding hydrogens is 330 g/mol. The van der Waals surface area contributed by atoms with Crippen molar-refractivity contribution in [1.82, 2.24) is 15.0 Å². The largest absolute Gasteiger partial charge is 0.480 e. The maximum atomic E-state index is 8.68. The van der Waals surface area contributed by atoms with E-state index in [4.69, 9.17) is 21.0 Å². The van der Waals surface area contributed by atoms with Crippen molar-refractivity contribution >= 4 is 11.0 Å². The van der Waals surface area contributed by atoms with Crippen LogP contribution in [0.5, 0.6) is 5.88 Å². The average Bonchev–Trinajstić information content (AvgIpc) is 3.10. The van der Waals surface area contributed by atoms with Crippen molar-refractivity contribution in [3.8, 4) is 18.2 Å². The van der Waals surface area contributed by atoms with E-state index in [9.17, 15) is 0 Å². The van der Waals surface area contributed by atoms with Crippen LogP contribution in [0.2, 0.25) is 0 Å². The third-order valence-electron chi connectivity index (χ3n) is 3.26. The van der Waals surface area contributed by atoms with Crippen LogP contribution in [0.4, 0.5) is 0 Å². The smallest absolute Gasteiger partial charge is 0.226 e. The van der Waals surface area contributed by atoms with Gasteiger partial charge >= 0.3 is 0 Å². The van der Waals surface area contributed by atoms with Crippen molar-refractivity contribution in [1.29, 1.82) is 0 Å². The van der Waals surface area contributed by atoms with Crippen LogP contribution in [-0.4, -0.2) is 47.0 Å². The first kappa shape index (κ1) is 25.9. The van der Waals surface area contributed by atoms with Crippen molar-refractivity contribution in [3.05, 3.63) is 31.2 Å².